The van der Waals surface area contributed by atoms with Crippen LogP contribution in [0.4, 0.5) is 5.69 Å². The zero-order valence-electron chi connectivity index (χ0n) is 17.7. The van der Waals surface area contributed by atoms with E-state index in [0.29, 0.717) is 17.7 Å². The molecule has 0 bridgehead atoms. The third-order valence-electron chi connectivity index (χ3n) is 5.25. The van der Waals surface area contributed by atoms with E-state index in [-0.39, 0.29) is 11.6 Å². The van der Waals surface area contributed by atoms with Crippen LogP contribution in [0.5, 0.6) is 0 Å². The Morgan fingerprint density at radius 2 is 1.69 bits per heavy atom. The van der Waals surface area contributed by atoms with Gasteiger partial charge in [0.05, 0.1) is 10.6 Å². The molecule has 1 N–H and O–H groups in total. The molecule has 0 saturated carbocycles. The van der Waals surface area contributed by atoms with Crippen LogP contribution in [0.1, 0.15) is 27.0 Å². The number of hydrogen-bond donors (Lipinski definition) is 1. The average Bonchev–Trinajstić information content (AvgIpc) is 3.28. The fourth-order valence-electron chi connectivity index (χ4n) is 3.37. The molecule has 1 amide bonds. The average molecular weight is 444 g/mol. The van der Waals surface area contributed by atoms with Gasteiger partial charge in [-0.05, 0) is 25.5 Å². The standard InChI is InChI=1S/C25H21N3O3S/c1-16-6-10-19(11-7-16)22-15-32-25(27-22)20-12-8-18(9-13-20)14-26-24(29)21-4-3-5-23(17(21)2)28(30)31/h3-13,15H,14H2,1-2H3,(H,26,29). The van der Waals surface area contributed by atoms with Gasteiger partial charge in [0.15, 0.2) is 0 Å². The van der Waals surface area contributed by atoms with Crippen LogP contribution in [0.2, 0.25) is 0 Å². The summed E-state index contributed by atoms with van der Waals surface area (Å²) in [6, 6.07) is 20.7. The largest absolute Gasteiger partial charge is 0.348 e. The molecule has 4 aromatic rings. The number of hydrogen-bond acceptors (Lipinski definition) is 5. The number of rotatable bonds is 6. The third-order valence-corrected chi connectivity index (χ3v) is 6.14. The van der Waals surface area contributed by atoms with E-state index in [1.165, 1.54) is 17.7 Å². The van der Waals surface area contributed by atoms with Gasteiger partial charge in [0.2, 0.25) is 0 Å². The zero-order valence-corrected chi connectivity index (χ0v) is 18.5. The second-order valence-electron chi connectivity index (χ2n) is 7.49. The summed E-state index contributed by atoms with van der Waals surface area (Å²) < 4.78 is 0. The van der Waals surface area contributed by atoms with Gasteiger partial charge in [0.1, 0.15) is 5.01 Å². The highest BCUT2D eigenvalue weighted by atomic mass is 32.1. The predicted molar refractivity (Wildman–Crippen MR) is 127 cm³/mol. The summed E-state index contributed by atoms with van der Waals surface area (Å²) >= 11 is 1.59. The molecule has 0 aliphatic carbocycles. The van der Waals surface area contributed by atoms with Gasteiger partial charge in [-0.25, -0.2) is 4.98 Å². The Kier molecular flexibility index (Phi) is 6.09. The van der Waals surface area contributed by atoms with Crippen molar-refractivity contribution < 1.29 is 9.72 Å². The van der Waals surface area contributed by atoms with Crippen LogP contribution in [0.15, 0.2) is 72.1 Å². The van der Waals surface area contributed by atoms with E-state index in [1.807, 2.05) is 24.3 Å². The van der Waals surface area contributed by atoms with Gasteiger partial charge in [-0.15, -0.1) is 11.3 Å². The molecule has 0 fully saturated rings. The fourth-order valence-corrected chi connectivity index (χ4v) is 4.21. The van der Waals surface area contributed by atoms with Gasteiger partial charge < -0.3 is 5.32 Å². The van der Waals surface area contributed by atoms with E-state index in [4.69, 9.17) is 4.98 Å². The van der Waals surface area contributed by atoms with E-state index < -0.39 is 4.92 Å². The van der Waals surface area contributed by atoms with Crippen molar-refractivity contribution >= 4 is 22.9 Å². The molecule has 160 valence electrons. The lowest BCUT2D eigenvalue weighted by molar-refractivity contribution is -0.385. The molecule has 32 heavy (non-hydrogen) atoms. The molecular weight excluding hydrogens is 422 g/mol. The zero-order chi connectivity index (χ0) is 22.7. The van der Waals surface area contributed by atoms with Crippen LogP contribution < -0.4 is 5.32 Å². The lowest BCUT2D eigenvalue weighted by atomic mass is 10.1. The topological polar surface area (TPSA) is 85.1 Å². The Balaban J connectivity index is 1.43. The smallest absolute Gasteiger partial charge is 0.273 e. The van der Waals surface area contributed by atoms with Crippen molar-refractivity contribution in [1.29, 1.82) is 0 Å². The maximum atomic E-state index is 12.5. The predicted octanol–water partition coefficient (Wildman–Crippen LogP) is 5.93. The number of carbonyl (C=O) groups is 1. The summed E-state index contributed by atoms with van der Waals surface area (Å²) in [5, 5.41) is 16.9. The van der Waals surface area contributed by atoms with Crippen LogP contribution in [0, 0.1) is 24.0 Å². The second kappa shape index (κ2) is 9.11. The van der Waals surface area contributed by atoms with Crippen LogP contribution in [0.25, 0.3) is 21.8 Å². The summed E-state index contributed by atoms with van der Waals surface area (Å²) in [6.07, 6.45) is 0. The van der Waals surface area contributed by atoms with Crippen LogP contribution in [-0.2, 0) is 6.54 Å². The molecule has 6 nitrogen and oxygen atoms in total. The molecule has 0 aliphatic rings. The molecule has 7 heteroatoms. The maximum Gasteiger partial charge on any atom is 0.273 e. The number of amides is 1. The summed E-state index contributed by atoms with van der Waals surface area (Å²) in [4.78, 5) is 27.9. The molecule has 0 unspecified atom stereocenters. The van der Waals surface area contributed by atoms with E-state index >= 15 is 0 Å². The van der Waals surface area contributed by atoms with E-state index in [1.54, 1.807) is 24.3 Å². The minimum Gasteiger partial charge on any atom is -0.348 e. The number of benzene rings is 3. The van der Waals surface area contributed by atoms with Crippen molar-refractivity contribution in [2.75, 3.05) is 0 Å². The monoisotopic (exact) mass is 443 g/mol. The van der Waals surface area contributed by atoms with Crippen molar-refractivity contribution in [3.8, 4) is 21.8 Å². The highest BCUT2D eigenvalue weighted by Gasteiger charge is 2.17. The van der Waals surface area contributed by atoms with Crippen molar-refractivity contribution in [2.24, 2.45) is 0 Å². The Morgan fingerprint density at radius 3 is 2.38 bits per heavy atom. The van der Waals surface area contributed by atoms with Crippen molar-refractivity contribution in [3.63, 3.8) is 0 Å². The molecule has 0 atom stereocenters. The minimum absolute atomic E-state index is 0.0598. The first-order valence-electron chi connectivity index (χ1n) is 10.1. The Labute approximate surface area is 189 Å². The molecule has 3 aromatic carbocycles. The van der Waals surface area contributed by atoms with Gasteiger partial charge in [0, 0.05) is 40.2 Å². The maximum absolute atomic E-state index is 12.5. The van der Waals surface area contributed by atoms with E-state index in [0.717, 1.165) is 27.4 Å². The first-order valence-corrected chi connectivity index (χ1v) is 10.9. The number of aromatic nitrogens is 1. The lowest BCUT2D eigenvalue weighted by Crippen LogP contribution is -2.23. The van der Waals surface area contributed by atoms with Crippen molar-refractivity contribution in [3.05, 3.63) is 104 Å². The Bertz CT molecular complexity index is 1280. The van der Waals surface area contributed by atoms with Gasteiger partial charge >= 0.3 is 0 Å². The molecule has 4 rings (SSSR count). The number of nitrogens with zero attached hydrogens (tertiary/aromatic N) is 2. The van der Waals surface area contributed by atoms with Crippen LogP contribution >= 0.6 is 11.3 Å². The summed E-state index contributed by atoms with van der Waals surface area (Å²) in [5.74, 6) is -0.335. The van der Waals surface area contributed by atoms with Crippen LogP contribution in [-0.4, -0.2) is 15.8 Å². The molecule has 0 aliphatic heterocycles. The highest BCUT2D eigenvalue weighted by Crippen LogP contribution is 2.29. The first-order chi connectivity index (χ1) is 15.4. The Hall–Kier alpha value is -3.84. The molecule has 0 spiro atoms. The highest BCUT2D eigenvalue weighted by molar-refractivity contribution is 7.13. The fraction of sp³-hybridized carbons (Fsp3) is 0.120. The SMILES string of the molecule is Cc1ccc(-c2csc(-c3ccc(CNC(=O)c4cccc([N+](=O)[O-])c4C)cc3)n2)cc1. The summed E-state index contributed by atoms with van der Waals surface area (Å²) in [5.41, 5.74) is 5.81. The van der Waals surface area contributed by atoms with Crippen LogP contribution in [0.3, 0.4) is 0 Å². The van der Waals surface area contributed by atoms with E-state index in [2.05, 4.69) is 41.9 Å². The molecule has 1 aromatic heterocycles. The quantitative estimate of drug-likeness (QED) is 0.295. The third kappa shape index (κ3) is 4.58. The number of nitrogens with one attached hydrogen (secondary N) is 1. The first kappa shape index (κ1) is 21.4. The second-order valence-corrected chi connectivity index (χ2v) is 8.35. The number of nitro groups is 1. The van der Waals surface area contributed by atoms with Gasteiger partial charge in [-0.2, -0.15) is 0 Å². The number of thiazole rings is 1. The van der Waals surface area contributed by atoms with Gasteiger partial charge in [-0.3, -0.25) is 14.9 Å². The van der Waals surface area contributed by atoms with Crippen molar-refractivity contribution in [1.82, 2.24) is 10.3 Å². The number of nitro benzene ring substituents is 1. The van der Waals surface area contributed by atoms with Gasteiger partial charge in [-0.1, -0.05) is 60.2 Å². The molecule has 0 radical (unpaired) electrons. The normalized spacial score (nSPS) is 10.7. The molecule has 0 saturated heterocycles. The number of aryl methyl sites for hydroxylation is 1. The summed E-state index contributed by atoms with van der Waals surface area (Å²) in [7, 11) is 0. The molecule has 1 heterocycles. The van der Waals surface area contributed by atoms with Crippen molar-refractivity contribution in [2.45, 2.75) is 20.4 Å². The lowest BCUT2D eigenvalue weighted by Gasteiger charge is -2.08. The molecular formula is C25H21N3O3S. The number of carbonyl (C=O) groups excluding carboxylic acids is 1. The van der Waals surface area contributed by atoms with E-state index in [9.17, 15) is 14.9 Å². The summed E-state index contributed by atoms with van der Waals surface area (Å²) in [6.45, 7) is 3.97. The Morgan fingerprint density at radius 1 is 1.00 bits per heavy atom. The van der Waals surface area contributed by atoms with Gasteiger partial charge in [0.25, 0.3) is 11.6 Å². The minimum atomic E-state index is -0.478.